The molecule has 4 rings (SSSR count). The van der Waals surface area contributed by atoms with Crippen molar-refractivity contribution in [2.45, 2.75) is 26.0 Å². The zero-order valence-corrected chi connectivity index (χ0v) is 14.6. The standard InChI is InChI=1S/C16H16N4OS2/c1-3-8-22-9-13-17-18-16-20(13)19-15(23-16)14-10(2)11-6-4-5-7-12(11)21-14/h4-7H,3,8-9H2,1-2H3. The Morgan fingerprint density at radius 1 is 1.26 bits per heavy atom. The lowest BCUT2D eigenvalue weighted by Crippen LogP contribution is -1.94. The molecule has 3 aromatic heterocycles. The molecule has 4 aromatic rings. The summed E-state index contributed by atoms with van der Waals surface area (Å²) in [5.41, 5.74) is 2.01. The number of para-hydroxylation sites is 1. The Kier molecular flexibility index (Phi) is 3.82. The monoisotopic (exact) mass is 344 g/mol. The first kappa shape index (κ1) is 14.7. The van der Waals surface area contributed by atoms with Crippen LogP contribution < -0.4 is 0 Å². The van der Waals surface area contributed by atoms with E-state index in [1.165, 1.54) is 11.3 Å². The molecule has 7 heteroatoms. The van der Waals surface area contributed by atoms with Gasteiger partial charge in [-0.05, 0) is 25.2 Å². The molecule has 0 bridgehead atoms. The summed E-state index contributed by atoms with van der Waals surface area (Å²) >= 11 is 3.37. The van der Waals surface area contributed by atoms with Crippen molar-refractivity contribution in [3.05, 3.63) is 35.7 Å². The summed E-state index contributed by atoms with van der Waals surface area (Å²) in [5, 5.41) is 15.1. The summed E-state index contributed by atoms with van der Waals surface area (Å²) in [4.78, 5) is 0.812. The van der Waals surface area contributed by atoms with Gasteiger partial charge in [0.2, 0.25) is 4.96 Å². The topological polar surface area (TPSA) is 56.2 Å². The molecule has 0 spiro atoms. The first-order valence-corrected chi connectivity index (χ1v) is 9.52. The second-order valence-electron chi connectivity index (χ2n) is 5.32. The average molecular weight is 344 g/mol. The minimum Gasteiger partial charge on any atom is -0.453 e. The molecule has 0 amide bonds. The second-order valence-corrected chi connectivity index (χ2v) is 7.38. The third kappa shape index (κ3) is 2.53. The van der Waals surface area contributed by atoms with Gasteiger partial charge in [0, 0.05) is 10.9 Å². The minimum absolute atomic E-state index is 0.812. The minimum atomic E-state index is 0.812. The van der Waals surface area contributed by atoms with Crippen LogP contribution in [0.15, 0.2) is 28.7 Å². The highest BCUT2D eigenvalue weighted by atomic mass is 32.2. The Morgan fingerprint density at radius 2 is 2.13 bits per heavy atom. The van der Waals surface area contributed by atoms with Gasteiger partial charge in [-0.15, -0.1) is 15.3 Å². The third-order valence-corrected chi connectivity index (χ3v) is 5.73. The van der Waals surface area contributed by atoms with Gasteiger partial charge in [-0.2, -0.15) is 16.3 Å². The molecule has 0 aliphatic carbocycles. The van der Waals surface area contributed by atoms with Crippen LogP contribution in [-0.2, 0) is 5.75 Å². The molecule has 0 radical (unpaired) electrons. The summed E-state index contributed by atoms with van der Waals surface area (Å²) in [5.74, 6) is 3.68. The van der Waals surface area contributed by atoms with E-state index in [9.17, 15) is 0 Å². The van der Waals surface area contributed by atoms with E-state index in [1.807, 2.05) is 34.5 Å². The van der Waals surface area contributed by atoms with E-state index in [2.05, 4.69) is 35.2 Å². The maximum Gasteiger partial charge on any atom is 0.235 e. The number of rotatable bonds is 5. The lowest BCUT2D eigenvalue weighted by molar-refractivity contribution is 0.626. The highest BCUT2D eigenvalue weighted by molar-refractivity contribution is 7.98. The number of fused-ring (bicyclic) bond motifs is 2. The smallest absolute Gasteiger partial charge is 0.235 e. The largest absolute Gasteiger partial charge is 0.453 e. The van der Waals surface area contributed by atoms with Gasteiger partial charge < -0.3 is 4.42 Å². The average Bonchev–Trinajstić information content (AvgIpc) is 3.22. The molecule has 0 atom stereocenters. The van der Waals surface area contributed by atoms with Crippen molar-refractivity contribution in [1.29, 1.82) is 0 Å². The Labute approximate surface area is 141 Å². The van der Waals surface area contributed by atoms with Crippen LogP contribution in [0, 0.1) is 6.92 Å². The van der Waals surface area contributed by atoms with Gasteiger partial charge in [-0.3, -0.25) is 0 Å². The van der Waals surface area contributed by atoms with Crippen LogP contribution in [0.2, 0.25) is 0 Å². The lowest BCUT2D eigenvalue weighted by atomic mass is 10.1. The Morgan fingerprint density at radius 3 is 2.96 bits per heavy atom. The second kappa shape index (κ2) is 5.98. The van der Waals surface area contributed by atoms with Gasteiger partial charge in [-0.25, -0.2) is 0 Å². The number of furan rings is 1. The molecular weight excluding hydrogens is 328 g/mol. The predicted octanol–water partition coefficient (Wildman–Crippen LogP) is 4.55. The number of hydrogen-bond acceptors (Lipinski definition) is 6. The quantitative estimate of drug-likeness (QED) is 0.497. The zero-order valence-electron chi connectivity index (χ0n) is 12.9. The van der Waals surface area contributed by atoms with Crippen molar-refractivity contribution in [2.75, 3.05) is 5.75 Å². The number of aryl methyl sites for hydroxylation is 1. The lowest BCUT2D eigenvalue weighted by Gasteiger charge is -1.95. The van der Waals surface area contributed by atoms with Crippen molar-refractivity contribution in [1.82, 2.24) is 19.8 Å². The third-order valence-electron chi connectivity index (χ3n) is 3.67. The summed E-state index contributed by atoms with van der Waals surface area (Å²) < 4.78 is 7.85. The molecule has 0 unspecified atom stereocenters. The van der Waals surface area contributed by atoms with Crippen LogP contribution in [0.1, 0.15) is 24.7 Å². The number of benzene rings is 1. The Balaban J connectivity index is 1.75. The van der Waals surface area contributed by atoms with Crippen LogP contribution in [-0.4, -0.2) is 25.6 Å². The summed E-state index contributed by atoms with van der Waals surface area (Å²) in [7, 11) is 0. The predicted molar refractivity (Wildman–Crippen MR) is 95.1 cm³/mol. The highest BCUT2D eigenvalue weighted by Gasteiger charge is 2.18. The number of nitrogens with zero attached hydrogens (tertiary/aromatic N) is 4. The maximum absolute atomic E-state index is 6.00. The van der Waals surface area contributed by atoms with E-state index in [4.69, 9.17) is 4.42 Å². The Bertz CT molecular complexity index is 969. The van der Waals surface area contributed by atoms with Crippen LogP contribution >= 0.6 is 23.1 Å². The first-order chi connectivity index (χ1) is 11.3. The van der Waals surface area contributed by atoms with Crippen LogP contribution in [0.25, 0.3) is 26.7 Å². The molecule has 0 saturated carbocycles. The molecule has 0 N–H and O–H groups in total. The van der Waals surface area contributed by atoms with E-state index >= 15 is 0 Å². The van der Waals surface area contributed by atoms with Gasteiger partial charge >= 0.3 is 0 Å². The maximum atomic E-state index is 6.00. The van der Waals surface area contributed by atoms with Gasteiger partial charge in [0.15, 0.2) is 16.6 Å². The van der Waals surface area contributed by atoms with Crippen molar-refractivity contribution >= 4 is 39.0 Å². The fraction of sp³-hybridized carbons (Fsp3) is 0.312. The molecule has 0 fully saturated rings. The first-order valence-electron chi connectivity index (χ1n) is 7.55. The van der Waals surface area contributed by atoms with Gasteiger partial charge in [0.05, 0.1) is 5.75 Å². The van der Waals surface area contributed by atoms with Crippen molar-refractivity contribution in [3.8, 4) is 10.8 Å². The van der Waals surface area contributed by atoms with E-state index in [0.29, 0.717) is 0 Å². The van der Waals surface area contributed by atoms with Crippen LogP contribution in [0.3, 0.4) is 0 Å². The fourth-order valence-electron chi connectivity index (χ4n) is 2.53. The normalized spacial score (nSPS) is 11.7. The SMILES string of the molecule is CCCSCc1nnc2sc(-c3oc4ccccc4c3C)nn12. The Hall–Kier alpha value is -1.86. The number of aromatic nitrogens is 4. The number of thioether (sulfide) groups is 1. The highest BCUT2D eigenvalue weighted by Crippen LogP contribution is 2.35. The summed E-state index contributed by atoms with van der Waals surface area (Å²) in [6.07, 6.45) is 1.16. The molecule has 118 valence electrons. The molecule has 1 aromatic carbocycles. The van der Waals surface area contributed by atoms with Gasteiger partial charge in [0.25, 0.3) is 0 Å². The fourth-order valence-corrected chi connectivity index (χ4v) is 4.22. The van der Waals surface area contributed by atoms with Crippen LogP contribution in [0.4, 0.5) is 0 Å². The van der Waals surface area contributed by atoms with Crippen molar-refractivity contribution in [2.24, 2.45) is 0 Å². The molecular formula is C16H16N4OS2. The zero-order chi connectivity index (χ0) is 15.8. The number of hydrogen-bond donors (Lipinski definition) is 0. The van der Waals surface area contributed by atoms with E-state index in [0.717, 1.165) is 56.0 Å². The van der Waals surface area contributed by atoms with Crippen molar-refractivity contribution < 1.29 is 4.42 Å². The molecule has 23 heavy (non-hydrogen) atoms. The molecule has 0 saturated heterocycles. The van der Waals surface area contributed by atoms with E-state index < -0.39 is 0 Å². The van der Waals surface area contributed by atoms with Gasteiger partial charge in [-0.1, -0.05) is 36.5 Å². The van der Waals surface area contributed by atoms with E-state index in [-0.39, 0.29) is 0 Å². The van der Waals surface area contributed by atoms with Gasteiger partial charge in [0.1, 0.15) is 5.58 Å². The van der Waals surface area contributed by atoms with E-state index in [1.54, 1.807) is 0 Å². The summed E-state index contributed by atoms with van der Waals surface area (Å²) in [6, 6.07) is 8.07. The summed E-state index contributed by atoms with van der Waals surface area (Å²) in [6.45, 7) is 4.25. The molecule has 5 nitrogen and oxygen atoms in total. The molecule has 0 aliphatic heterocycles. The van der Waals surface area contributed by atoms with Crippen molar-refractivity contribution in [3.63, 3.8) is 0 Å². The molecule has 0 aliphatic rings. The van der Waals surface area contributed by atoms with Crippen LogP contribution in [0.5, 0.6) is 0 Å². The molecule has 3 heterocycles.